The molecule has 0 fully saturated rings. The van der Waals surface area contributed by atoms with Crippen molar-refractivity contribution < 1.29 is 13.5 Å². The maximum atomic E-state index is 12.3. The molecule has 0 aliphatic carbocycles. The lowest BCUT2D eigenvalue weighted by atomic mass is 10.2. The number of aliphatic hydroxyl groups is 1. The maximum Gasteiger partial charge on any atom is 0.246 e. The molecule has 0 amide bonds. The monoisotopic (exact) mass is 275 g/mol. The van der Waals surface area contributed by atoms with Crippen molar-refractivity contribution in [1.82, 2.24) is 14.1 Å². The van der Waals surface area contributed by atoms with Crippen LogP contribution in [0.4, 0.5) is 0 Å². The molecule has 1 aromatic rings. The predicted octanol–water partition coefficient (Wildman–Crippen LogP) is 0.684. The third-order valence-corrected chi connectivity index (χ3v) is 4.94. The van der Waals surface area contributed by atoms with E-state index in [9.17, 15) is 8.42 Å². The number of hydrogen-bond donors (Lipinski definition) is 1. The molecule has 0 bridgehead atoms. The van der Waals surface area contributed by atoms with Gasteiger partial charge < -0.3 is 5.11 Å². The smallest absolute Gasteiger partial charge is 0.246 e. The quantitative estimate of drug-likeness (QED) is 0.794. The lowest BCUT2D eigenvalue weighted by Crippen LogP contribution is -2.36. The fraction of sp³-hybridized carbons (Fsp3) is 0.727. The first kappa shape index (κ1) is 15.1. The van der Waals surface area contributed by atoms with Crippen LogP contribution >= 0.6 is 0 Å². The van der Waals surface area contributed by atoms with E-state index in [1.807, 2.05) is 13.8 Å². The fourth-order valence-corrected chi connectivity index (χ4v) is 3.33. The standard InChI is InChI=1S/C11H21N3O3S/c1-4-10(5-2)13(3)18(16,17)11-8-12-14(9-11)6-7-15/h8-10,15H,4-7H2,1-3H3. The molecule has 1 rings (SSSR count). The summed E-state index contributed by atoms with van der Waals surface area (Å²) in [5.41, 5.74) is 0. The average molecular weight is 275 g/mol. The first-order chi connectivity index (χ1) is 8.47. The number of aromatic nitrogens is 2. The zero-order chi connectivity index (χ0) is 13.8. The van der Waals surface area contributed by atoms with Gasteiger partial charge in [-0.15, -0.1) is 0 Å². The van der Waals surface area contributed by atoms with Crippen LogP contribution in [0.3, 0.4) is 0 Å². The lowest BCUT2D eigenvalue weighted by Gasteiger charge is -2.24. The van der Waals surface area contributed by atoms with Crippen molar-refractivity contribution in [3.05, 3.63) is 12.4 Å². The Bertz CT molecular complexity index is 466. The zero-order valence-corrected chi connectivity index (χ0v) is 11.9. The summed E-state index contributed by atoms with van der Waals surface area (Å²) >= 11 is 0. The Morgan fingerprint density at radius 2 is 2.06 bits per heavy atom. The van der Waals surface area contributed by atoms with Crippen molar-refractivity contribution in [1.29, 1.82) is 0 Å². The Labute approximate surface area is 108 Å². The molecule has 0 atom stereocenters. The van der Waals surface area contributed by atoms with Crippen LogP contribution in [0.2, 0.25) is 0 Å². The number of sulfonamides is 1. The van der Waals surface area contributed by atoms with Gasteiger partial charge in [0, 0.05) is 19.3 Å². The van der Waals surface area contributed by atoms with E-state index >= 15 is 0 Å². The molecule has 0 radical (unpaired) electrons. The third kappa shape index (κ3) is 3.09. The van der Waals surface area contributed by atoms with Gasteiger partial charge in [-0.05, 0) is 12.8 Å². The summed E-state index contributed by atoms with van der Waals surface area (Å²) in [6.07, 6.45) is 4.32. The Kier molecular flexibility index (Phi) is 5.30. The van der Waals surface area contributed by atoms with E-state index in [4.69, 9.17) is 5.11 Å². The highest BCUT2D eigenvalue weighted by Crippen LogP contribution is 2.18. The largest absolute Gasteiger partial charge is 0.394 e. The van der Waals surface area contributed by atoms with Crippen LogP contribution in [0, 0.1) is 0 Å². The molecule has 0 saturated carbocycles. The zero-order valence-electron chi connectivity index (χ0n) is 11.1. The second kappa shape index (κ2) is 6.31. The van der Waals surface area contributed by atoms with Gasteiger partial charge in [0.25, 0.3) is 0 Å². The molecular formula is C11H21N3O3S. The summed E-state index contributed by atoms with van der Waals surface area (Å²) in [6, 6.07) is -0.00353. The Morgan fingerprint density at radius 3 is 2.56 bits per heavy atom. The minimum absolute atomic E-state index is 0.00353. The number of rotatable bonds is 7. The highest BCUT2D eigenvalue weighted by Gasteiger charge is 2.27. The van der Waals surface area contributed by atoms with Crippen LogP contribution in [-0.4, -0.2) is 47.3 Å². The normalized spacial score (nSPS) is 12.6. The van der Waals surface area contributed by atoms with Crippen molar-refractivity contribution in [3.8, 4) is 0 Å². The minimum Gasteiger partial charge on any atom is -0.394 e. The molecule has 1 heterocycles. The third-order valence-electron chi connectivity index (χ3n) is 3.07. The molecule has 104 valence electrons. The highest BCUT2D eigenvalue weighted by atomic mass is 32.2. The van der Waals surface area contributed by atoms with Gasteiger partial charge in [-0.3, -0.25) is 4.68 Å². The van der Waals surface area contributed by atoms with Crippen LogP contribution in [-0.2, 0) is 16.6 Å². The highest BCUT2D eigenvalue weighted by molar-refractivity contribution is 7.89. The average Bonchev–Trinajstić information content (AvgIpc) is 2.80. The summed E-state index contributed by atoms with van der Waals surface area (Å²) in [4.78, 5) is 0.172. The van der Waals surface area contributed by atoms with Gasteiger partial charge in [0.15, 0.2) is 0 Å². The van der Waals surface area contributed by atoms with Crippen LogP contribution in [0.5, 0.6) is 0 Å². The first-order valence-corrected chi connectivity index (χ1v) is 7.52. The van der Waals surface area contributed by atoms with E-state index < -0.39 is 10.0 Å². The molecule has 0 saturated heterocycles. The molecule has 0 aromatic carbocycles. The van der Waals surface area contributed by atoms with Gasteiger partial charge in [-0.2, -0.15) is 9.40 Å². The summed E-state index contributed by atoms with van der Waals surface area (Å²) in [7, 11) is -1.90. The van der Waals surface area contributed by atoms with E-state index in [-0.39, 0.29) is 17.5 Å². The van der Waals surface area contributed by atoms with Crippen molar-refractivity contribution in [2.24, 2.45) is 0 Å². The van der Waals surface area contributed by atoms with Crippen LogP contribution < -0.4 is 0 Å². The second-order valence-electron chi connectivity index (χ2n) is 4.15. The van der Waals surface area contributed by atoms with Crippen LogP contribution in [0.1, 0.15) is 26.7 Å². The van der Waals surface area contributed by atoms with E-state index in [2.05, 4.69) is 5.10 Å². The minimum atomic E-state index is -3.49. The maximum absolute atomic E-state index is 12.3. The molecule has 7 heteroatoms. The SMILES string of the molecule is CCC(CC)N(C)S(=O)(=O)c1cnn(CCO)c1. The van der Waals surface area contributed by atoms with Crippen molar-refractivity contribution in [2.75, 3.05) is 13.7 Å². The molecule has 0 aliphatic heterocycles. The van der Waals surface area contributed by atoms with E-state index in [0.717, 1.165) is 12.8 Å². The molecule has 1 N–H and O–H groups in total. The number of aliphatic hydroxyl groups excluding tert-OH is 1. The molecule has 0 aliphatic rings. The topological polar surface area (TPSA) is 75.4 Å². The molecule has 1 aromatic heterocycles. The van der Waals surface area contributed by atoms with Gasteiger partial charge in [0.05, 0.1) is 19.3 Å². The van der Waals surface area contributed by atoms with Gasteiger partial charge in [0.2, 0.25) is 10.0 Å². The fourth-order valence-electron chi connectivity index (χ4n) is 1.87. The summed E-state index contributed by atoms with van der Waals surface area (Å²) < 4.78 is 27.5. The van der Waals surface area contributed by atoms with Crippen molar-refractivity contribution in [2.45, 2.75) is 44.2 Å². The van der Waals surface area contributed by atoms with E-state index in [0.29, 0.717) is 6.54 Å². The van der Waals surface area contributed by atoms with E-state index in [1.54, 1.807) is 7.05 Å². The van der Waals surface area contributed by atoms with Crippen molar-refractivity contribution in [3.63, 3.8) is 0 Å². The molecule has 6 nitrogen and oxygen atoms in total. The van der Waals surface area contributed by atoms with Gasteiger partial charge in [0.1, 0.15) is 4.90 Å². The Morgan fingerprint density at radius 1 is 1.44 bits per heavy atom. The predicted molar refractivity (Wildman–Crippen MR) is 68.6 cm³/mol. The Balaban J connectivity index is 2.97. The molecule has 0 unspecified atom stereocenters. The summed E-state index contributed by atoms with van der Waals surface area (Å²) in [6.45, 7) is 4.17. The van der Waals surface area contributed by atoms with Crippen LogP contribution in [0.15, 0.2) is 17.3 Å². The Hall–Kier alpha value is -0.920. The first-order valence-electron chi connectivity index (χ1n) is 6.08. The molecule has 0 spiro atoms. The number of nitrogens with zero attached hydrogens (tertiary/aromatic N) is 3. The van der Waals surface area contributed by atoms with Crippen molar-refractivity contribution >= 4 is 10.0 Å². The number of hydrogen-bond acceptors (Lipinski definition) is 4. The van der Waals surface area contributed by atoms with Crippen LogP contribution in [0.25, 0.3) is 0 Å². The second-order valence-corrected chi connectivity index (χ2v) is 6.15. The summed E-state index contributed by atoms with van der Waals surface area (Å²) in [5.74, 6) is 0. The van der Waals surface area contributed by atoms with Gasteiger partial charge >= 0.3 is 0 Å². The van der Waals surface area contributed by atoms with Gasteiger partial charge in [-0.1, -0.05) is 13.8 Å². The van der Waals surface area contributed by atoms with E-state index in [1.165, 1.54) is 21.4 Å². The summed E-state index contributed by atoms with van der Waals surface area (Å²) in [5, 5.41) is 12.7. The molecular weight excluding hydrogens is 254 g/mol. The lowest BCUT2D eigenvalue weighted by molar-refractivity contribution is 0.269. The molecule has 18 heavy (non-hydrogen) atoms. The van der Waals surface area contributed by atoms with Gasteiger partial charge in [-0.25, -0.2) is 8.42 Å².